The number of hydrogen-bond donors (Lipinski definition) is 2. The Morgan fingerprint density at radius 1 is 1.25 bits per heavy atom. The van der Waals surface area contributed by atoms with Gasteiger partial charge in [0.05, 0.1) is 43.9 Å². The van der Waals surface area contributed by atoms with E-state index in [0.29, 0.717) is 16.3 Å². The highest BCUT2D eigenvalue weighted by atomic mass is 35.5. The van der Waals surface area contributed by atoms with E-state index < -0.39 is 0 Å². The van der Waals surface area contributed by atoms with Gasteiger partial charge < -0.3 is 19.9 Å². The second-order valence-corrected chi connectivity index (χ2v) is 7.27. The van der Waals surface area contributed by atoms with Crippen molar-refractivity contribution >= 4 is 28.9 Å². The van der Waals surface area contributed by atoms with Crippen LogP contribution in [0.2, 0.25) is 5.02 Å². The van der Waals surface area contributed by atoms with Crippen molar-refractivity contribution in [3.05, 3.63) is 53.1 Å². The molecule has 0 unspecified atom stereocenters. The zero-order chi connectivity index (χ0) is 20.1. The standard InChI is InChI=1S/C21H23ClN4O2/c1-15(21(27)24-17-4-3-16(14-23)20(22)13-17)25-9-11-26(12-10-25)18-5-7-19(28-2)8-6-18/h3-8,13,15H,9-12H2,1-2H3,(H,24,27)/p+1/t15-/m0/s1. The van der Waals surface area contributed by atoms with Gasteiger partial charge in [-0.25, -0.2) is 0 Å². The summed E-state index contributed by atoms with van der Waals surface area (Å²) in [5.41, 5.74) is 2.18. The van der Waals surface area contributed by atoms with Gasteiger partial charge in [-0.3, -0.25) is 4.79 Å². The van der Waals surface area contributed by atoms with Crippen LogP contribution < -0.4 is 19.9 Å². The van der Waals surface area contributed by atoms with Crippen molar-refractivity contribution in [2.75, 3.05) is 43.5 Å². The number of nitrogens with one attached hydrogen (secondary N) is 2. The number of nitriles is 1. The summed E-state index contributed by atoms with van der Waals surface area (Å²) in [6.45, 7) is 5.49. The number of anilines is 2. The molecule has 1 atom stereocenters. The van der Waals surface area contributed by atoms with Crippen LogP contribution >= 0.6 is 11.6 Å². The molecule has 1 heterocycles. The molecule has 1 amide bonds. The molecule has 7 heteroatoms. The lowest BCUT2D eigenvalue weighted by Crippen LogP contribution is -3.19. The lowest BCUT2D eigenvalue weighted by Gasteiger charge is -2.36. The van der Waals surface area contributed by atoms with Crippen molar-refractivity contribution in [1.29, 1.82) is 5.26 Å². The highest BCUT2D eigenvalue weighted by Crippen LogP contribution is 2.21. The van der Waals surface area contributed by atoms with Crippen LogP contribution in [0.1, 0.15) is 12.5 Å². The van der Waals surface area contributed by atoms with E-state index in [0.717, 1.165) is 31.9 Å². The van der Waals surface area contributed by atoms with E-state index in [-0.39, 0.29) is 11.9 Å². The number of quaternary nitrogens is 1. The van der Waals surface area contributed by atoms with Crippen molar-refractivity contribution in [2.24, 2.45) is 0 Å². The normalized spacial score (nSPS) is 15.6. The van der Waals surface area contributed by atoms with Gasteiger partial charge in [0, 0.05) is 11.4 Å². The monoisotopic (exact) mass is 399 g/mol. The van der Waals surface area contributed by atoms with Gasteiger partial charge in [-0.05, 0) is 49.4 Å². The quantitative estimate of drug-likeness (QED) is 0.806. The summed E-state index contributed by atoms with van der Waals surface area (Å²) in [4.78, 5) is 16.2. The van der Waals surface area contributed by atoms with Gasteiger partial charge in [-0.2, -0.15) is 5.26 Å². The topological polar surface area (TPSA) is 69.8 Å². The predicted octanol–water partition coefficient (Wildman–Crippen LogP) is 1.95. The maximum Gasteiger partial charge on any atom is 0.282 e. The number of piperazine rings is 1. The average molecular weight is 400 g/mol. The Morgan fingerprint density at radius 2 is 1.93 bits per heavy atom. The molecule has 0 aromatic heterocycles. The summed E-state index contributed by atoms with van der Waals surface area (Å²) in [5, 5.41) is 12.2. The van der Waals surface area contributed by atoms with Crippen molar-refractivity contribution in [3.63, 3.8) is 0 Å². The van der Waals surface area contributed by atoms with Gasteiger partial charge in [0.2, 0.25) is 0 Å². The summed E-state index contributed by atoms with van der Waals surface area (Å²) in [6.07, 6.45) is 0. The van der Waals surface area contributed by atoms with Crippen molar-refractivity contribution in [1.82, 2.24) is 0 Å². The molecule has 6 nitrogen and oxygen atoms in total. The van der Waals surface area contributed by atoms with Crippen LogP contribution in [-0.4, -0.2) is 45.2 Å². The molecule has 3 rings (SSSR count). The molecule has 2 N–H and O–H groups in total. The zero-order valence-corrected chi connectivity index (χ0v) is 16.8. The minimum atomic E-state index is -0.174. The summed E-state index contributed by atoms with van der Waals surface area (Å²) >= 11 is 6.04. The SMILES string of the molecule is COc1ccc(N2CC[NH+]([C@@H](C)C(=O)Nc3ccc(C#N)c(Cl)c3)CC2)cc1. The van der Waals surface area contributed by atoms with Crippen molar-refractivity contribution < 1.29 is 14.4 Å². The molecule has 1 aliphatic rings. The van der Waals surface area contributed by atoms with Gasteiger partial charge in [-0.15, -0.1) is 0 Å². The maximum absolute atomic E-state index is 12.6. The lowest BCUT2D eigenvalue weighted by molar-refractivity contribution is -0.914. The smallest absolute Gasteiger partial charge is 0.282 e. The fourth-order valence-electron chi connectivity index (χ4n) is 3.40. The van der Waals surface area contributed by atoms with E-state index in [1.807, 2.05) is 25.1 Å². The highest BCUT2D eigenvalue weighted by Gasteiger charge is 2.29. The van der Waals surface area contributed by atoms with Crippen LogP contribution in [0.4, 0.5) is 11.4 Å². The molecule has 1 saturated heterocycles. The minimum Gasteiger partial charge on any atom is -0.497 e. The van der Waals surface area contributed by atoms with Gasteiger partial charge >= 0.3 is 0 Å². The molecular formula is C21H24ClN4O2+. The van der Waals surface area contributed by atoms with Crippen LogP contribution in [-0.2, 0) is 4.79 Å². The lowest BCUT2D eigenvalue weighted by atomic mass is 10.1. The molecule has 1 fully saturated rings. The van der Waals surface area contributed by atoms with Gasteiger partial charge in [0.15, 0.2) is 6.04 Å². The Bertz CT molecular complexity index is 871. The number of halogens is 1. The fourth-order valence-corrected chi connectivity index (χ4v) is 3.62. The molecule has 28 heavy (non-hydrogen) atoms. The van der Waals surface area contributed by atoms with Crippen LogP contribution in [0.5, 0.6) is 5.75 Å². The minimum absolute atomic E-state index is 0.0475. The summed E-state index contributed by atoms with van der Waals surface area (Å²) in [5.74, 6) is 0.801. The molecule has 146 valence electrons. The van der Waals surface area contributed by atoms with Crippen molar-refractivity contribution in [3.8, 4) is 11.8 Å². The number of carbonyl (C=O) groups is 1. The van der Waals surface area contributed by atoms with Gasteiger partial charge in [0.25, 0.3) is 5.91 Å². The number of carbonyl (C=O) groups excluding carboxylic acids is 1. The molecule has 0 spiro atoms. The van der Waals surface area contributed by atoms with Crippen molar-refractivity contribution in [2.45, 2.75) is 13.0 Å². The number of amides is 1. The van der Waals surface area contributed by atoms with Crippen LogP contribution in [0, 0.1) is 11.3 Å². The first kappa shape index (κ1) is 20.0. The Kier molecular flexibility index (Phi) is 6.40. The maximum atomic E-state index is 12.6. The molecule has 2 aromatic carbocycles. The first-order valence-corrected chi connectivity index (χ1v) is 9.63. The molecular weight excluding hydrogens is 376 g/mol. The third-order valence-corrected chi connectivity index (χ3v) is 5.52. The van der Waals surface area contributed by atoms with E-state index in [1.165, 1.54) is 10.6 Å². The largest absolute Gasteiger partial charge is 0.497 e. The molecule has 0 aliphatic carbocycles. The number of hydrogen-bond acceptors (Lipinski definition) is 4. The molecule has 0 saturated carbocycles. The predicted molar refractivity (Wildman–Crippen MR) is 110 cm³/mol. The molecule has 0 radical (unpaired) electrons. The highest BCUT2D eigenvalue weighted by molar-refractivity contribution is 6.32. The van der Waals surface area contributed by atoms with Gasteiger partial charge in [0.1, 0.15) is 11.8 Å². The number of ether oxygens (including phenoxy) is 1. The van der Waals surface area contributed by atoms with E-state index in [4.69, 9.17) is 21.6 Å². The summed E-state index contributed by atoms with van der Waals surface area (Å²) < 4.78 is 5.21. The Balaban J connectivity index is 1.55. The first-order chi connectivity index (χ1) is 13.5. The van der Waals surface area contributed by atoms with E-state index in [9.17, 15) is 4.79 Å². The molecule has 0 bridgehead atoms. The zero-order valence-electron chi connectivity index (χ0n) is 16.0. The fraction of sp³-hybridized carbons (Fsp3) is 0.333. The average Bonchev–Trinajstić information content (AvgIpc) is 2.73. The number of rotatable bonds is 5. The van der Waals surface area contributed by atoms with Crippen LogP contribution in [0.15, 0.2) is 42.5 Å². The Labute approximate surface area is 170 Å². The molecule has 2 aromatic rings. The number of nitrogens with zero attached hydrogens (tertiary/aromatic N) is 2. The number of methoxy groups -OCH3 is 1. The second kappa shape index (κ2) is 8.96. The third kappa shape index (κ3) is 4.56. The van der Waals surface area contributed by atoms with Crippen LogP contribution in [0.25, 0.3) is 0 Å². The van der Waals surface area contributed by atoms with E-state index in [2.05, 4.69) is 22.3 Å². The summed E-state index contributed by atoms with van der Waals surface area (Å²) in [7, 11) is 1.66. The number of benzene rings is 2. The second-order valence-electron chi connectivity index (χ2n) is 6.86. The van der Waals surface area contributed by atoms with E-state index in [1.54, 1.807) is 25.3 Å². The third-order valence-electron chi connectivity index (χ3n) is 5.21. The summed E-state index contributed by atoms with van der Waals surface area (Å²) in [6, 6.07) is 14.8. The Hall–Kier alpha value is -2.75. The van der Waals surface area contributed by atoms with Crippen LogP contribution in [0.3, 0.4) is 0 Å². The first-order valence-electron chi connectivity index (χ1n) is 9.26. The molecule has 1 aliphatic heterocycles. The van der Waals surface area contributed by atoms with E-state index >= 15 is 0 Å². The van der Waals surface area contributed by atoms with Gasteiger partial charge in [-0.1, -0.05) is 11.6 Å². The Morgan fingerprint density at radius 3 is 2.50 bits per heavy atom.